The summed E-state index contributed by atoms with van der Waals surface area (Å²) in [6.07, 6.45) is 0. The van der Waals surface area contributed by atoms with E-state index in [0.717, 1.165) is 4.68 Å². The minimum absolute atomic E-state index is 0.419. The van der Waals surface area contributed by atoms with Gasteiger partial charge in [0.2, 0.25) is 5.91 Å². The van der Waals surface area contributed by atoms with Crippen LogP contribution in [0.25, 0.3) is 11.3 Å². The van der Waals surface area contributed by atoms with E-state index in [1.807, 2.05) is 0 Å². The zero-order valence-electron chi connectivity index (χ0n) is 16.9. The molecule has 1 atom stereocenters. The molecular formula is C22H21N3O6. The number of hydrogen-bond acceptors (Lipinski definition) is 6. The molecule has 1 heterocycles. The van der Waals surface area contributed by atoms with Gasteiger partial charge in [-0.2, -0.15) is 5.10 Å². The zero-order valence-corrected chi connectivity index (χ0v) is 16.9. The minimum atomic E-state index is -1.24. The average Bonchev–Trinajstić information content (AvgIpc) is 2.78. The SMILES string of the molecule is COc1ccc(-c2ccc(=O)n(CC(=O)N[C@@H](C(=O)O)c3ccccc3)n2)cc1OC. The zero-order chi connectivity index (χ0) is 22.4. The maximum atomic E-state index is 12.5. The molecule has 0 aliphatic heterocycles. The van der Waals surface area contributed by atoms with Crippen LogP contribution in [0.3, 0.4) is 0 Å². The number of rotatable bonds is 8. The average molecular weight is 423 g/mol. The molecule has 0 spiro atoms. The number of aliphatic carboxylic acids is 1. The first kappa shape index (κ1) is 21.6. The van der Waals surface area contributed by atoms with Crippen LogP contribution in [0, 0.1) is 0 Å². The van der Waals surface area contributed by atoms with E-state index in [2.05, 4.69) is 10.4 Å². The highest BCUT2D eigenvalue weighted by molar-refractivity contribution is 5.84. The van der Waals surface area contributed by atoms with Gasteiger partial charge in [0.05, 0.1) is 19.9 Å². The molecule has 0 bridgehead atoms. The standard InChI is InChI=1S/C22H21N3O6/c1-30-17-10-8-15(12-18(17)31-2)16-9-11-20(27)25(24-16)13-19(26)23-21(22(28)29)14-6-4-3-5-7-14/h3-12,21H,13H2,1-2H3,(H,23,26)(H,28,29)/t21-/m1/s1. The van der Waals surface area contributed by atoms with Crippen LogP contribution in [0.15, 0.2) is 65.5 Å². The number of ether oxygens (including phenoxy) is 2. The van der Waals surface area contributed by atoms with E-state index < -0.39 is 30.0 Å². The predicted molar refractivity (Wildman–Crippen MR) is 112 cm³/mol. The Kier molecular flexibility index (Phi) is 6.66. The van der Waals surface area contributed by atoms with E-state index >= 15 is 0 Å². The molecule has 0 fully saturated rings. The quantitative estimate of drug-likeness (QED) is 0.568. The molecule has 1 aromatic heterocycles. The van der Waals surface area contributed by atoms with Gasteiger partial charge in [0, 0.05) is 11.6 Å². The number of hydrogen-bond donors (Lipinski definition) is 2. The molecule has 0 aliphatic carbocycles. The molecule has 0 saturated carbocycles. The van der Waals surface area contributed by atoms with E-state index in [0.29, 0.717) is 28.3 Å². The molecule has 2 N–H and O–H groups in total. The Balaban J connectivity index is 1.83. The summed E-state index contributed by atoms with van der Waals surface area (Å²) in [6, 6.07) is 15.0. The molecule has 0 aliphatic rings. The molecule has 0 saturated heterocycles. The summed E-state index contributed by atoms with van der Waals surface area (Å²) in [5.74, 6) is -0.835. The predicted octanol–water partition coefficient (Wildman–Crippen LogP) is 1.87. The third kappa shape index (κ3) is 5.08. The number of nitrogens with zero attached hydrogens (tertiary/aromatic N) is 2. The fourth-order valence-electron chi connectivity index (χ4n) is 2.99. The van der Waals surface area contributed by atoms with Crippen molar-refractivity contribution in [2.24, 2.45) is 0 Å². The summed E-state index contributed by atoms with van der Waals surface area (Å²) in [4.78, 5) is 36.3. The van der Waals surface area contributed by atoms with Gasteiger partial charge in [0.25, 0.3) is 5.56 Å². The second-order valence-corrected chi connectivity index (χ2v) is 6.53. The summed E-state index contributed by atoms with van der Waals surface area (Å²) in [6.45, 7) is -0.434. The fraction of sp³-hybridized carbons (Fsp3) is 0.182. The summed E-state index contributed by atoms with van der Waals surface area (Å²) in [5, 5.41) is 16.1. The van der Waals surface area contributed by atoms with Crippen molar-refractivity contribution < 1.29 is 24.2 Å². The number of nitrogens with one attached hydrogen (secondary N) is 1. The fourth-order valence-corrected chi connectivity index (χ4v) is 2.99. The van der Waals surface area contributed by atoms with Gasteiger partial charge in [-0.1, -0.05) is 30.3 Å². The lowest BCUT2D eigenvalue weighted by Crippen LogP contribution is -2.38. The third-order valence-electron chi connectivity index (χ3n) is 4.52. The molecule has 31 heavy (non-hydrogen) atoms. The Labute approximate surface area is 177 Å². The van der Waals surface area contributed by atoms with Gasteiger partial charge in [0.1, 0.15) is 6.54 Å². The number of aromatic nitrogens is 2. The highest BCUT2D eigenvalue weighted by atomic mass is 16.5. The van der Waals surface area contributed by atoms with Crippen molar-refractivity contribution in [1.82, 2.24) is 15.1 Å². The maximum Gasteiger partial charge on any atom is 0.330 e. The topological polar surface area (TPSA) is 120 Å². The largest absolute Gasteiger partial charge is 0.493 e. The van der Waals surface area contributed by atoms with Crippen molar-refractivity contribution >= 4 is 11.9 Å². The Morgan fingerprint density at radius 1 is 1.03 bits per heavy atom. The van der Waals surface area contributed by atoms with E-state index in [4.69, 9.17) is 9.47 Å². The van der Waals surface area contributed by atoms with Crippen LogP contribution in [-0.4, -0.2) is 41.0 Å². The lowest BCUT2D eigenvalue weighted by atomic mass is 10.1. The molecule has 0 radical (unpaired) electrons. The third-order valence-corrected chi connectivity index (χ3v) is 4.52. The lowest BCUT2D eigenvalue weighted by molar-refractivity contribution is -0.142. The van der Waals surface area contributed by atoms with Crippen molar-refractivity contribution in [2.75, 3.05) is 14.2 Å². The molecule has 3 aromatic rings. The van der Waals surface area contributed by atoms with Gasteiger partial charge in [-0.25, -0.2) is 9.48 Å². The number of carbonyl (C=O) groups is 2. The normalized spacial score (nSPS) is 11.4. The van der Waals surface area contributed by atoms with E-state index in [9.17, 15) is 19.5 Å². The van der Waals surface area contributed by atoms with Crippen LogP contribution in [0.2, 0.25) is 0 Å². The second kappa shape index (κ2) is 9.57. The number of amides is 1. The van der Waals surface area contributed by atoms with Crippen LogP contribution in [0.4, 0.5) is 0 Å². The highest BCUT2D eigenvalue weighted by Crippen LogP contribution is 2.31. The maximum absolute atomic E-state index is 12.5. The molecule has 9 heteroatoms. The first-order valence-electron chi connectivity index (χ1n) is 9.30. The molecule has 0 unspecified atom stereocenters. The minimum Gasteiger partial charge on any atom is -0.493 e. The van der Waals surface area contributed by atoms with Gasteiger partial charge < -0.3 is 19.9 Å². The molecule has 160 valence electrons. The molecular weight excluding hydrogens is 402 g/mol. The number of methoxy groups -OCH3 is 2. The first-order valence-corrected chi connectivity index (χ1v) is 9.30. The van der Waals surface area contributed by atoms with Gasteiger partial charge in [0.15, 0.2) is 17.5 Å². The van der Waals surface area contributed by atoms with Gasteiger partial charge in [-0.3, -0.25) is 9.59 Å². The van der Waals surface area contributed by atoms with Crippen LogP contribution in [0.1, 0.15) is 11.6 Å². The number of benzene rings is 2. The Bertz CT molecular complexity index is 1140. The van der Waals surface area contributed by atoms with Gasteiger partial charge in [-0.05, 0) is 29.8 Å². The van der Waals surface area contributed by atoms with E-state index in [1.165, 1.54) is 26.4 Å². The van der Waals surface area contributed by atoms with Crippen LogP contribution < -0.4 is 20.3 Å². The van der Waals surface area contributed by atoms with Crippen LogP contribution in [-0.2, 0) is 16.1 Å². The summed E-state index contributed by atoms with van der Waals surface area (Å²) in [7, 11) is 3.03. The van der Waals surface area contributed by atoms with Gasteiger partial charge >= 0.3 is 5.97 Å². The Morgan fingerprint density at radius 2 is 1.74 bits per heavy atom. The number of carboxylic acid groups (broad SMARTS) is 1. The van der Waals surface area contributed by atoms with Crippen molar-refractivity contribution in [2.45, 2.75) is 12.6 Å². The van der Waals surface area contributed by atoms with Crippen LogP contribution >= 0.6 is 0 Å². The second-order valence-electron chi connectivity index (χ2n) is 6.53. The Hall–Kier alpha value is -4.14. The highest BCUT2D eigenvalue weighted by Gasteiger charge is 2.22. The molecule has 1 amide bonds. The van der Waals surface area contributed by atoms with E-state index in [1.54, 1.807) is 48.5 Å². The monoisotopic (exact) mass is 423 g/mol. The van der Waals surface area contributed by atoms with Crippen LogP contribution in [0.5, 0.6) is 11.5 Å². The lowest BCUT2D eigenvalue weighted by Gasteiger charge is -2.15. The number of carbonyl (C=O) groups excluding carboxylic acids is 1. The Morgan fingerprint density at radius 3 is 2.39 bits per heavy atom. The summed E-state index contributed by atoms with van der Waals surface area (Å²) < 4.78 is 11.5. The summed E-state index contributed by atoms with van der Waals surface area (Å²) >= 11 is 0. The van der Waals surface area contributed by atoms with Crippen molar-refractivity contribution in [1.29, 1.82) is 0 Å². The smallest absolute Gasteiger partial charge is 0.330 e. The van der Waals surface area contributed by atoms with Crippen molar-refractivity contribution in [3.8, 4) is 22.8 Å². The summed E-state index contributed by atoms with van der Waals surface area (Å²) in [5.41, 5.74) is 1.01. The van der Waals surface area contributed by atoms with Gasteiger partial charge in [-0.15, -0.1) is 0 Å². The molecule has 2 aromatic carbocycles. The molecule has 3 rings (SSSR count). The van der Waals surface area contributed by atoms with E-state index in [-0.39, 0.29) is 0 Å². The number of carboxylic acids is 1. The van der Waals surface area contributed by atoms with Crippen molar-refractivity contribution in [3.05, 3.63) is 76.6 Å². The first-order chi connectivity index (χ1) is 14.9. The molecule has 9 nitrogen and oxygen atoms in total. The van der Waals surface area contributed by atoms with Crippen molar-refractivity contribution in [3.63, 3.8) is 0 Å².